The van der Waals surface area contributed by atoms with Crippen LogP contribution in [0.2, 0.25) is 0 Å². The number of hydrogen-bond donors (Lipinski definition) is 8. The van der Waals surface area contributed by atoms with Gasteiger partial charge in [0, 0.05) is 35.4 Å². The number of aliphatic carboxylic acids is 2. The first-order chi connectivity index (χ1) is 19.5. The average Bonchev–Trinajstić information content (AvgIpc) is 3.60. The van der Waals surface area contributed by atoms with Crippen molar-refractivity contribution in [2.24, 2.45) is 11.7 Å². The summed E-state index contributed by atoms with van der Waals surface area (Å²) in [5.74, 6) is -5.55. The number of H-pyrrole nitrogens is 2. The zero-order valence-corrected chi connectivity index (χ0v) is 22.7. The smallest absolute Gasteiger partial charge is 0.326 e. The number of carbonyl (C=O) groups is 5. The van der Waals surface area contributed by atoms with Crippen molar-refractivity contribution in [2.45, 2.75) is 63.7 Å². The lowest BCUT2D eigenvalue weighted by molar-refractivity contribution is -0.147. The summed E-state index contributed by atoms with van der Waals surface area (Å²) in [7, 11) is 0. The van der Waals surface area contributed by atoms with Gasteiger partial charge in [0.1, 0.15) is 18.1 Å². The van der Waals surface area contributed by atoms with Gasteiger partial charge in [-0.25, -0.2) is 9.78 Å². The van der Waals surface area contributed by atoms with Gasteiger partial charge < -0.3 is 41.9 Å². The molecule has 14 nitrogen and oxygen atoms in total. The molecule has 3 amide bonds. The van der Waals surface area contributed by atoms with Crippen LogP contribution in [0.1, 0.15) is 37.9 Å². The lowest BCUT2D eigenvalue weighted by atomic mass is 9.97. The Morgan fingerprint density at radius 3 is 2.29 bits per heavy atom. The van der Waals surface area contributed by atoms with Crippen LogP contribution in [0.4, 0.5) is 0 Å². The minimum atomic E-state index is -1.69. The van der Waals surface area contributed by atoms with Gasteiger partial charge >= 0.3 is 11.9 Å². The number of carbonyl (C=O) groups excluding carboxylic acids is 3. The topological polar surface area (TPSA) is 232 Å². The van der Waals surface area contributed by atoms with Crippen molar-refractivity contribution >= 4 is 40.6 Å². The minimum absolute atomic E-state index is 0.00297. The van der Waals surface area contributed by atoms with Crippen LogP contribution in [0.25, 0.3) is 10.9 Å². The molecule has 0 spiro atoms. The summed E-state index contributed by atoms with van der Waals surface area (Å²) in [4.78, 5) is 72.1. The summed E-state index contributed by atoms with van der Waals surface area (Å²) >= 11 is 0. The molecule has 2 aromatic heterocycles. The number of fused-ring (bicyclic) bond motifs is 1. The van der Waals surface area contributed by atoms with E-state index in [-0.39, 0.29) is 12.8 Å². The van der Waals surface area contributed by atoms with E-state index >= 15 is 0 Å². The molecule has 0 saturated carbocycles. The summed E-state index contributed by atoms with van der Waals surface area (Å²) in [5, 5.41) is 26.7. The lowest BCUT2D eigenvalue weighted by Crippen LogP contribution is -2.59. The first-order valence-electron chi connectivity index (χ1n) is 13.1. The van der Waals surface area contributed by atoms with Crippen molar-refractivity contribution in [3.63, 3.8) is 0 Å². The fraction of sp³-hybridized carbons (Fsp3) is 0.407. The zero-order valence-electron chi connectivity index (χ0n) is 22.7. The molecule has 3 rings (SSSR count). The molecule has 5 unspecified atom stereocenters. The second kappa shape index (κ2) is 14.1. The fourth-order valence-corrected chi connectivity index (χ4v) is 4.33. The summed E-state index contributed by atoms with van der Waals surface area (Å²) in [6.07, 6.45) is 4.47. The molecule has 0 aliphatic carbocycles. The predicted octanol–water partition coefficient (Wildman–Crippen LogP) is 0.0633. The summed E-state index contributed by atoms with van der Waals surface area (Å²) in [6.45, 7) is 3.45. The highest BCUT2D eigenvalue weighted by Gasteiger charge is 2.33. The fourth-order valence-electron chi connectivity index (χ4n) is 4.33. The number of carboxylic acids is 2. The minimum Gasteiger partial charge on any atom is -0.481 e. The number of aromatic amines is 2. The van der Waals surface area contributed by atoms with E-state index in [9.17, 15) is 29.1 Å². The molecule has 0 radical (unpaired) electrons. The number of imidazole rings is 1. The van der Waals surface area contributed by atoms with E-state index < -0.39 is 66.2 Å². The molecule has 9 N–H and O–H groups in total. The van der Waals surface area contributed by atoms with E-state index in [1.54, 1.807) is 20.0 Å². The van der Waals surface area contributed by atoms with Crippen LogP contribution in [-0.4, -0.2) is 79.0 Å². The second-order valence-corrected chi connectivity index (χ2v) is 9.88. The molecular weight excluding hydrogens is 534 g/mol. The number of nitrogens with zero attached hydrogens (tertiary/aromatic N) is 1. The third-order valence-corrected chi connectivity index (χ3v) is 6.85. The quantitative estimate of drug-likeness (QED) is 0.123. The highest BCUT2D eigenvalue weighted by molar-refractivity contribution is 5.95. The van der Waals surface area contributed by atoms with Gasteiger partial charge in [-0.15, -0.1) is 0 Å². The lowest BCUT2D eigenvalue weighted by Gasteiger charge is -2.28. The van der Waals surface area contributed by atoms with Gasteiger partial charge in [0.2, 0.25) is 17.7 Å². The third kappa shape index (κ3) is 8.38. The predicted molar refractivity (Wildman–Crippen MR) is 147 cm³/mol. The van der Waals surface area contributed by atoms with E-state index in [1.165, 1.54) is 12.5 Å². The maximum Gasteiger partial charge on any atom is 0.326 e. The number of rotatable bonds is 15. The number of aromatic nitrogens is 3. The maximum atomic E-state index is 13.5. The molecule has 0 saturated heterocycles. The Hall–Kier alpha value is -4.72. The SMILES string of the molecule is CCC(C)C(NC(=O)C(Cc1cnc[nH]1)NC(=O)C(N)Cc1c[nH]c2ccccc12)C(=O)NC(CC(=O)O)C(=O)O. The van der Waals surface area contributed by atoms with Gasteiger partial charge in [-0.3, -0.25) is 19.2 Å². The van der Waals surface area contributed by atoms with Crippen LogP contribution in [0.3, 0.4) is 0 Å². The number of nitrogens with two attached hydrogens (primary N) is 1. The van der Waals surface area contributed by atoms with Crippen molar-refractivity contribution < 1.29 is 34.2 Å². The van der Waals surface area contributed by atoms with Crippen LogP contribution < -0.4 is 21.7 Å². The van der Waals surface area contributed by atoms with E-state index in [0.717, 1.165) is 16.5 Å². The van der Waals surface area contributed by atoms with E-state index in [2.05, 4.69) is 30.9 Å². The van der Waals surface area contributed by atoms with Gasteiger partial charge in [0.25, 0.3) is 0 Å². The number of para-hydroxylation sites is 1. The molecule has 1 aromatic carbocycles. The zero-order chi connectivity index (χ0) is 30.1. The third-order valence-electron chi connectivity index (χ3n) is 6.85. The number of benzene rings is 1. The first kappa shape index (κ1) is 30.8. The van der Waals surface area contributed by atoms with E-state index in [0.29, 0.717) is 12.1 Å². The van der Waals surface area contributed by atoms with Crippen LogP contribution in [0, 0.1) is 5.92 Å². The Morgan fingerprint density at radius 2 is 1.66 bits per heavy atom. The van der Waals surface area contributed by atoms with Crippen molar-refractivity contribution in [1.29, 1.82) is 0 Å². The molecule has 3 aromatic rings. The Balaban J connectivity index is 1.76. The number of hydrogen-bond acceptors (Lipinski definition) is 7. The van der Waals surface area contributed by atoms with Crippen molar-refractivity contribution in [2.75, 3.05) is 0 Å². The number of carboxylic acid groups (broad SMARTS) is 2. The standard InChI is InChI=1S/C27H35N7O7/c1-3-14(2)23(26(39)33-21(27(40)41)10-22(35)36)34-25(38)20(9-16-12-29-13-31-16)32-24(37)18(28)8-15-11-30-19-7-5-4-6-17(15)19/h4-7,11-14,18,20-21,23,30H,3,8-10,28H2,1-2H3,(H,29,31)(H,32,37)(H,33,39)(H,34,38)(H,35,36)(H,40,41). The van der Waals surface area contributed by atoms with E-state index in [1.807, 2.05) is 24.3 Å². The number of nitrogens with one attached hydrogen (secondary N) is 5. The average molecular weight is 570 g/mol. The molecule has 0 fully saturated rings. The highest BCUT2D eigenvalue weighted by Crippen LogP contribution is 2.19. The summed E-state index contributed by atoms with van der Waals surface area (Å²) < 4.78 is 0. The van der Waals surface area contributed by atoms with Gasteiger partial charge in [0.15, 0.2) is 0 Å². The van der Waals surface area contributed by atoms with Crippen molar-refractivity contribution in [1.82, 2.24) is 30.9 Å². The largest absolute Gasteiger partial charge is 0.481 e. The molecule has 2 heterocycles. The normalized spacial score (nSPS) is 14.8. The Labute approximate surface area is 235 Å². The molecule has 0 bridgehead atoms. The van der Waals surface area contributed by atoms with Gasteiger partial charge in [-0.05, 0) is 24.0 Å². The van der Waals surface area contributed by atoms with Crippen LogP contribution in [0.15, 0.2) is 43.0 Å². The molecule has 5 atom stereocenters. The summed E-state index contributed by atoms with van der Waals surface area (Å²) in [6, 6.07) is 2.52. The van der Waals surface area contributed by atoms with Crippen molar-refractivity contribution in [3.05, 3.63) is 54.2 Å². The Kier molecular flexibility index (Phi) is 10.6. The van der Waals surface area contributed by atoms with Crippen LogP contribution in [0.5, 0.6) is 0 Å². The number of amides is 3. The first-order valence-corrected chi connectivity index (χ1v) is 13.1. The Bertz CT molecular complexity index is 1370. The van der Waals surface area contributed by atoms with Gasteiger partial charge in [-0.2, -0.15) is 0 Å². The van der Waals surface area contributed by atoms with E-state index in [4.69, 9.17) is 10.8 Å². The molecule has 0 aliphatic heterocycles. The molecule has 14 heteroatoms. The van der Waals surface area contributed by atoms with Gasteiger partial charge in [0.05, 0.1) is 18.8 Å². The van der Waals surface area contributed by atoms with Gasteiger partial charge in [-0.1, -0.05) is 38.5 Å². The second-order valence-electron chi connectivity index (χ2n) is 9.88. The molecule has 41 heavy (non-hydrogen) atoms. The van der Waals surface area contributed by atoms with Crippen molar-refractivity contribution in [3.8, 4) is 0 Å². The monoisotopic (exact) mass is 569 g/mol. The molecule has 220 valence electrons. The van der Waals surface area contributed by atoms with Crippen LogP contribution >= 0.6 is 0 Å². The maximum absolute atomic E-state index is 13.5. The molecular formula is C27H35N7O7. The Morgan fingerprint density at radius 1 is 0.951 bits per heavy atom. The highest BCUT2D eigenvalue weighted by atomic mass is 16.4. The molecule has 0 aliphatic rings. The van der Waals surface area contributed by atoms with Crippen LogP contribution in [-0.2, 0) is 36.8 Å². The summed E-state index contributed by atoms with van der Waals surface area (Å²) in [5.41, 5.74) is 8.48.